The highest BCUT2D eigenvalue weighted by Gasteiger charge is 2.08. The number of carboxylic acid groups (broad SMARTS) is 1. The summed E-state index contributed by atoms with van der Waals surface area (Å²) < 4.78 is 13.0. The molecule has 2 N–H and O–H groups in total. The molecule has 0 aliphatic heterocycles. The van der Waals surface area contributed by atoms with Crippen molar-refractivity contribution in [2.24, 2.45) is 0 Å². The monoisotopic (exact) mass is 306 g/mol. The van der Waals surface area contributed by atoms with Crippen molar-refractivity contribution >= 4 is 29.3 Å². The van der Waals surface area contributed by atoms with Crippen molar-refractivity contribution in [3.8, 4) is 0 Å². The number of halogens is 1. The Morgan fingerprint density at radius 1 is 1.29 bits per heavy atom. The summed E-state index contributed by atoms with van der Waals surface area (Å²) in [5.74, 6) is -1.76. The highest BCUT2D eigenvalue weighted by Crippen LogP contribution is 2.17. The molecule has 0 fully saturated rings. The molecule has 0 atom stereocenters. The first-order chi connectivity index (χ1) is 10.0. The zero-order chi connectivity index (χ0) is 15.2. The normalized spacial score (nSPS) is 10.1. The second-order valence-corrected chi connectivity index (χ2v) is 5.03. The van der Waals surface area contributed by atoms with E-state index in [9.17, 15) is 14.0 Å². The number of amides is 1. The van der Waals surface area contributed by atoms with Gasteiger partial charge >= 0.3 is 5.97 Å². The van der Waals surface area contributed by atoms with Gasteiger partial charge in [0.25, 0.3) is 0 Å². The number of nitrogens with zero attached hydrogens (tertiary/aromatic N) is 1. The van der Waals surface area contributed by atoms with Gasteiger partial charge in [0.15, 0.2) is 0 Å². The lowest BCUT2D eigenvalue weighted by atomic mass is 10.3. The van der Waals surface area contributed by atoms with Crippen LogP contribution in [0, 0.1) is 5.82 Å². The molecule has 0 unspecified atom stereocenters. The lowest BCUT2D eigenvalue weighted by molar-refractivity contribution is -0.113. The average Bonchev–Trinajstić information content (AvgIpc) is 2.45. The predicted molar refractivity (Wildman–Crippen MR) is 77.0 cm³/mol. The minimum atomic E-state index is -1.05. The Bertz CT molecular complexity index is 679. The number of hydrogen-bond donors (Lipinski definition) is 2. The SMILES string of the molecule is O=C(CSc1cc(C(=O)O)ccn1)Nc1cccc(F)c1. The van der Waals surface area contributed by atoms with Crippen molar-refractivity contribution in [2.75, 3.05) is 11.1 Å². The molecule has 108 valence electrons. The summed E-state index contributed by atoms with van der Waals surface area (Å²) in [5, 5.41) is 11.8. The predicted octanol–water partition coefficient (Wildman–Crippen LogP) is 2.65. The van der Waals surface area contributed by atoms with E-state index in [2.05, 4.69) is 10.3 Å². The van der Waals surface area contributed by atoms with Crippen LogP contribution in [0.4, 0.5) is 10.1 Å². The van der Waals surface area contributed by atoms with Crippen LogP contribution in [-0.4, -0.2) is 27.7 Å². The minimum Gasteiger partial charge on any atom is -0.478 e. The number of carbonyl (C=O) groups excluding carboxylic acids is 1. The first kappa shape index (κ1) is 15.0. The van der Waals surface area contributed by atoms with E-state index in [0.29, 0.717) is 10.7 Å². The van der Waals surface area contributed by atoms with E-state index in [4.69, 9.17) is 5.11 Å². The fraction of sp³-hybridized carbons (Fsp3) is 0.0714. The van der Waals surface area contributed by atoms with Crippen LogP contribution in [0.5, 0.6) is 0 Å². The molecular weight excluding hydrogens is 295 g/mol. The van der Waals surface area contributed by atoms with Gasteiger partial charge in [-0.2, -0.15) is 0 Å². The van der Waals surface area contributed by atoms with Gasteiger partial charge in [0.05, 0.1) is 16.3 Å². The van der Waals surface area contributed by atoms with E-state index in [1.165, 1.54) is 36.5 Å². The second kappa shape index (κ2) is 6.85. The van der Waals surface area contributed by atoms with E-state index in [1.807, 2.05) is 0 Å². The van der Waals surface area contributed by atoms with Gasteiger partial charge in [0.1, 0.15) is 5.82 Å². The van der Waals surface area contributed by atoms with Gasteiger partial charge in [-0.3, -0.25) is 4.79 Å². The molecule has 0 aliphatic carbocycles. The largest absolute Gasteiger partial charge is 0.478 e. The van der Waals surface area contributed by atoms with E-state index < -0.39 is 11.8 Å². The van der Waals surface area contributed by atoms with Gasteiger partial charge in [-0.05, 0) is 30.3 Å². The zero-order valence-electron chi connectivity index (χ0n) is 10.7. The van der Waals surface area contributed by atoms with Crippen LogP contribution in [0.25, 0.3) is 0 Å². The number of hydrogen-bond acceptors (Lipinski definition) is 4. The molecule has 0 bridgehead atoms. The van der Waals surface area contributed by atoms with Gasteiger partial charge in [-0.15, -0.1) is 0 Å². The lowest BCUT2D eigenvalue weighted by Gasteiger charge is -2.05. The Morgan fingerprint density at radius 3 is 2.81 bits per heavy atom. The Balaban J connectivity index is 1.92. The molecule has 2 aromatic rings. The van der Waals surface area contributed by atoms with Crippen LogP contribution in [0.15, 0.2) is 47.6 Å². The summed E-state index contributed by atoms with van der Waals surface area (Å²) in [5.41, 5.74) is 0.478. The summed E-state index contributed by atoms with van der Waals surface area (Å²) in [7, 11) is 0. The van der Waals surface area contributed by atoms with Crippen LogP contribution in [-0.2, 0) is 4.79 Å². The fourth-order valence-corrected chi connectivity index (χ4v) is 2.22. The molecule has 0 radical (unpaired) electrons. The lowest BCUT2D eigenvalue weighted by Crippen LogP contribution is -2.14. The molecule has 0 saturated carbocycles. The first-order valence-electron chi connectivity index (χ1n) is 5.92. The number of carbonyl (C=O) groups is 2. The number of aromatic nitrogens is 1. The molecule has 0 aliphatic rings. The number of benzene rings is 1. The molecule has 1 aromatic carbocycles. The van der Waals surface area contributed by atoms with Gasteiger partial charge in [-0.25, -0.2) is 14.2 Å². The van der Waals surface area contributed by atoms with Gasteiger partial charge < -0.3 is 10.4 Å². The van der Waals surface area contributed by atoms with Crippen LogP contribution in [0.1, 0.15) is 10.4 Å². The number of pyridine rings is 1. The maximum atomic E-state index is 13.0. The van der Waals surface area contributed by atoms with Crippen molar-refractivity contribution in [3.63, 3.8) is 0 Å². The van der Waals surface area contributed by atoms with Crippen molar-refractivity contribution in [1.29, 1.82) is 0 Å². The Morgan fingerprint density at radius 2 is 2.10 bits per heavy atom. The van der Waals surface area contributed by atoms with Crippen molar-refractivity contribution < 1.29 is 19.1 Å². The van der Waals surface area contributed by atoms with Crippen molar-refractivity contribution in [1.82, 2.24) is 4.98 Å². The molecule has 0 spiro atoms. The molecule has 1 aromatic heterocycles. The topological polar surface area (TPSA) is 79.3 Å². The Labute approximate surface area is 124 Å². The highest BCUT2D eigenvalue weighted by molar-refractivity contribution is 7.99. The average molecular weight is 306 g/mol. The molecule has 21 heavy (non-hydrogen) atoms. The number of rotatable bonds is 5. The molecular formula is C14H11FN2O3S. The highest BCUT2D eigenvalue weighted by atomic mass is 32.2. The second-order valence-electron chi connectivity index (χ2n) is 4.04. The third-order valence-electron chi connectivity index (χ3n) is 2.44. The molecule has 7 heteroatoms. The van der Waals surface area contributed by atoms with Crippen LogP contribution in [0.2, 0.25) is 0 Å². The van der Waals surface area contributed by atoms with Crippen LogP contribution < -0.4 is 5.32 Å². The number of nitrogens with one attached hydrogen (secondary N) is 1. The van der Waals surface area contributed by atoms with Gasteiger partial charge in [0, 0.05) is 11.9 Å². The molecule has 2 rings (SSSR count). The number of carboxylic acids is 1. The standard InChI is InChI=1S/C14H11FN2O3S/c15-10-2-1-3-11(7-10)17-12(18)8-21-13-6-9(14(19)20)4-5-16-13/h1-7H,8H2,(H,17,18)(H,19,20). The van der Waals surface area contributed by atoms with Crippen LogP contribution in [0.3, 0.4) is 0 Å². The molecule has 1 heterocycles. The fourth-order valence-electron chi connectivity index (χ4n) is 1.52. The number of aromatic carboxylic acids is 1. The Kier molecular flexibility index (Phi) is 4.89. The van der Waals surface area contributed by atoms with Crippen LogP contribution >= 0.6 is 11.8 Å². The van der Waals surface area contributed by atoms with E-state index in [-0.39, 0.29) is 17.2 Å². The maximum Gasteiger partial charge on any atom is 0.335 e. The van der Waals surface area contributed by atoms with Crippen molar-refractivity contribution in [3.05, 3.63) is 54.0 Å². The van der Waals surface area contributed by atoms with E-state index >= 15 is 0 Å². The Hall–Kier alpha value is -2.41. The maximum absolute atomic E-state index is 13.0. The minimum absolute atomic E-state index is 0.0482. The first-order valence-corrected chi connectivity index (χ1v) is 6.91. The van der Waals surface area contributed by atoms with Gasteiger partial charge in [0.2, 0.25) is 5.91 Å². The summed E-state index contributed by atoms with van der Waals surface area (Å²) in [4.78, 5) is 26.5. The van der Waals surface area contributed by atoms with Crippen molar-refractivity contribution in [2.45, 2.75) is 5.03 Å². The van der Waals surface area contributed by atoms with E-state index in [1.54, 1.807) is 6.07 Å². The van der Waals surface area contributed by atoms with E-state index in [0.717, 1.165) is 11.8 Å². The third-order valence-corrected chi connectivity index (χ3v) is 3.37. The zero-order valence-corrected chi connectivity index (χ0v) is 11.6. The summed E-state index contributed by atoms with van der Waals surface area (Å²) in [6.45, 7) is 0. The summed E-state index contributed by atoms with van der Waals surface area (Å²) in [6, 6.07) is 8.34. The summed E-state index contributed by atoms with van der Waals surface area (Å²) >= 11 is 1.10. The molecule has 0 saturated heterocycles. The van der Waals surface area contributed by atoms with Gasteiger partial charge in [-0.1, -0.05) is 17.8 Å². The third kappa shape index (κ3) is 4.57. The number of thioether (sulfide) groups is 1. The molecule has 1 amide bonds. The quantitative estimate of drug-likeness (QED) is 0.830. The number of anilines is 1. The summed E-state index contributed by atoms with van der Waals surface area (Å²) in [6.07, 6.45) is 1.37. The smallest absolute Gasteiger partial charge is 0.335 e. The molecule has 5 nitrogen and oxygen atoms in total.